The van der Waals surface area contributed by atoms with Gasteiger partial charge in [0.15, 0.2) is 6.10 Å². The predicted octanol–water partition coefficient (Wildman–Crippen LogP) is 12.3. The molecular formula is C45H78NO8P. The zero-order chi connectivity index (χ0) is 40.3. The summed E-state index contributed by atoms with van der Waals surface area (Å²) in [5.41, 5.74) is 5.34. The Hall–Kier alpha value is -2.55. The highest BCUT2D eigenvalue weighted by Crippen LogP contribution is 2.43. The summed E-state index contributed by atoms with van der Waals surface area (Å²) in [7, 11) is -4.39. The summed E-state index contributed by atoms with van der Waals surface area (Å²) < 4.78 is 32.7. The van der Waals surface area contributed by atoms with Crippen LogP contribution < -0.4 is 5.73 Å². The maximum atomic E-state index is 12.6. The molecule has 2 atom stereocenters. The standard InChI is InChI=1S/C45H78NO8P/c1-3-5-7-9-11-13-15-17-19-20-21-22-24-25-27-29-31-33-35-37-44(47)51-41-43(42-53-55(49,50)52-40-39-46)54-45(48)38-36-34-32-30-28-26-23-18-16-14-12-10-8-6-4-2/h5,7,11,13,17-19,21-23,25,27,43H,3-4,6,8-10,12,14-16,20,24,26,28-42,46H2,1-2H3,(H,49,50)/b7-5-,13-11-,19-17-,22-21-,23-18-,27-25-/t43-/m1/s1. The second kappa shape index (κ2) is 41.1. The molecule has 0 aliphatic rings. The van der Waals surface area contributed by atoms with E-state index >= 15 is 0 Å². The van der Waals surface area contributed by atoms with Crippen LogP contribution in [0.15, 0.2) is 72.9 Å². The average Bonchev–Trinajstić information content (AvgIpc) is 3.17. The number of hydrogen-bond acceptors (Lipinski definition) is 8. The van der Waals surface area contributed by atoms with E-state index in [-0.39, 0.29) is 32.6 Å². The molecule has 1 unspecified atom stereocenters. The molecule has 0 rings (SSSR count). The Morgan fingerprint density at radius 1 is 0.564 bits per heavy atom. The number of carbonyl (C=O) groups is 2. The zero-order valence-electron chi connectivity index (χ0n) is 34.6. The molecule has 0 aromatic rings. The fourth-order valence-corrected chi connectivity index (χ4v) is 6.18. The molecule has 3 N–H and O–H groups in total. The molecule has 0 aromatic heterocycles. The number of carbonyl (C=O) groups excluding carboxylic acids is 2. The minimum absolute atomic E-state index is 0.0439. The number of phosphoric ester groups is 1. The van der Waals surface area contributed by atoms with Crippen LogP contribution in [0.2, 0.25) is 0 Å². The van der Waals surface area contributed by atoms with Crippen molar-refractivity contribution in [2.75, 3.05) is 26.4 Å². The Balaban J connectivity index is 4.25. The van der Waals surface area contributed by atoms with Crippen LogP contribution >= 0.6 is 7.82 Å². The highest BCUT2D eigenvalue weighted by atomic mass is 31.2. The average molecular weight is 792 g/mol. The van der Waals surface area contributed by atoms with Gasteiger partial charge in [-0.15, -0.1) is 0 Å². The summed E-state index contributed by atoms with van der Waals surface area (Å²) in [4.78, 5) is 34.8. The zero-order valence-corrected chi connectivity index (χ0v) is 35.5. The maximum Gasteiger partial charge on any atom is 0.472 e. The summed E-state index contributed by atoms with van der Waals surface area (Å²) in [5.74, 6) is -0.882. The predicted molar refractivity (Wildman–Crippen MR) is 229 cm³/mol. The van der Waals surface area contributed by atoms with Crippen molar-refractivity contribution in [2.24, 2.45) is 5.73 Å². The van der Waals surface area contributed by atoms with Gasteiger partial charge in [-0.05, 0) is 83.5 Å². The maximum absolute atomic E-state index is 12.6. The van der Waals surface area contributed by atoms with Crippen LogP contribution in [0.5, 0.6) is 0 Å². The molecule has 0 aliphatic heterocycles. The van der Waals surface area contributed by atoms with Gasteiger partial charge in [0.1, 0.15) is 6.61 Å². The fourth-order valence-electron chi connectivity index (χ4n) is 5.42. The first-order valence-electron chi connectivity index (χ1n) is 21.4. The van der Waals surface area contributed by atoms with Crippen molar-refractivity contribution >= 4 is 19.8 Å². The van der Waals surface area contributed by atoms with Crippen LogP contribution in [0.4, 0.5) is 0 Å². The highest BCUT2D eigenvalue weighted by molar-refractivity contribution is 7.47. The fraction of sp³-hybridized carbons (Fsp3) is 0.689. The third-order valence-electron chi connectivity index (χ3n) is 8.58. The van der Waals surface area contributed by atoms with Gasteiger partial charge in [-0.1, -0.05) is 145 Å². The molecule has 0 aliphatic carbocycles. The summed E-state index contributed by atoms with van der Waals surface area (Å²) in [5, 5.41) is 0. The molecule has 0 heterocycles. The lowest BCUT2D eigenvalue weighted by Gasteiger charge is -2.19. The molecule has 0 saturated heterocycles. The second-order valence-electron chi connectivity index (χ2n) is 13.8. The van der Waals surface area contributed by atoms with Crippen molar-refractivity contribution in [1.29, 1.82) is 0 Å². The van der Waals surface area contributed by atoms with E-state index in [9.17, 15) is 19.0 Å². The van der Waals surface area contributed by atoms with E-state index < -0.39 is 32.5 Å². The topological polar surface area (TPSA) is 134 Å². The van der Waals surface area contributed by atoms with E-state index in [1.807, 2.05) is 0 Å². The van der Waals surface area contributed by atoms with Gasteiger partial charge in [0.2, 0.25) is 0 Å². The molecular weight excluding hydrogens is 713 g/mol. The van der Waals surface area contributed by atoms with E-state index in [4.69, 9.17) is 24.3 Å². The number of rotatable bonds is 39. The number of ether oxygens (including phenoxy) is 2. The van der Waals surface area contributed by atoms with Crippen molar-refractivity contribution in [1.82, 2.24) is 0 Å². The summed E-state index contributed by atoms with van der Waals surface area (Å²) in [6, 6.07) is 0. The lowest BCUT2D eigenvalue weighted by atomic mass is 10.1. The van der Waals surface area contributed by atoms with Crippen molar-refractivity contribution in [2.45, 2.75) is 174 Å². The van der Waals surface area contributed by atoms with Crippen molar-refractivity contribution in [3.05, 3.63) is 72.9 Å². The molecule has 55 heavy (non-hydrogen) atoms. The van der Waals surface area contributed by atoms with Gasteiger partial charge in [0, 0.05) is 19.4 Å². The van der Waals surface area contributed by atoms with Crippen LogP contribution in [-0.2, 0) is 32.7 Å². The van der Waals surface area contributed by atoms with Crippen molar-refractivity contribution < 1.29 is 37.6 Å². The largest absolute Gasteiger partial charge is 0.472 e. The monoisotopic (exact) mass is 792 g/mol. The number of nitrogens with two attached hydrogens (primary N) is 1. The van der Waals surface area contributed by atoms with Gasteiger partial charge in [0.05, 0.1) is 13.2 Å². The van der Waals surface area contributed by atoms with Crippen LogP contribution in [0.25, 0.3) is 0 Å². The van der Waals surface area contributed by atoms with Gasteiger partial charge in [-0.2, -0.15) is 0 Å². The lowest BCUT2D eigenvalue weighted by Crippen LogP contribution is -2.29. The molecule has 9 nitrogen and oxygen atoms in total. The molecule has 0 saturated carbocycles. The number of allylic oxidation sites excluding steroid dienone is 12. The van der Waals surface area contributed by atoms with Gasteiger partial charge < -0.3 is 20.1 Å². The van der Waals surface area contributed by atoms with Gasteiger partial charge in [0.25, 0.3) is 0 Å². The van der Waals surface area contributed by atoms with E-state index in [0.29, 0.717) is 12.8 Å². The van der Waals surface area contributed by atoms with E-state index in [1.165, 1.54) is 44.9 Å². The summed E-state index contributed by atoms with van der Waals surface area (Å²) in [6.07, 6.45) is 49.3. The van der Waals surface area contributed by atoms with E-state index in [1.54, 1.807) is 0 Å². The molecule has 0 aromatic carbocycles. The Morgan fingerprint density at radius 3 is 1.53 bits per heavy atom. The molecule has 316 valence electrons. The van der Waals surface area contributed by atoms with Gasteiger partial charge in [-0.25, -0.2) is 4.57 Å². The van der Waals surface area contributed by atoms with Crippen LogP contribution in [0.3, 0.4) is 0 Å². The van der Waals surface area contributed by atoms with Crippen molar-refractivity contribution in [3.63, 3.8) is 0 Å². The Kier molecular flexibility index (Phi) is 39.2. The quantitative estimate of drug-likeness (QED) is 0.0270. The van der Waals surface area contributed by atoms with Crippen LogP contribution in [0, 0.1) is 0 Å². The minimum Gasteiger partial charge on any atom is -0.462 e. The van der Waals surface area contributed by atoms with Crippen LogP contribution in [-0.4, -0.2) is 49.3 Å². The first-order valence-corrected chi connectivity index (χ1v) is 22.9. The number of hydrogen-bond donors (Lipinski definition) is 2. The first-order chi connectivity index (χ1) is 26.8. The summed E-state index contributed by atoms with van der Waals surface area (Å²) >= 11 is 0. The molecule has 0 radical (unpaired) electrons. The third-order valence-corrected chi connectivity index (χ3v) is 9.56. The molecule has 0 fully saturated rings. The highest BCUT2D eigenvalue weighted by Gasteiger charge is 2.26. The molecule has 0 bridgehead atoms. The van der Waals surface area contributed by atoms with Crippen LogP contribution in [0.1, 0.15) is 168 Å². The van der Waals surface area contributed by atoms with Crippen molar-refractivity contribution in [3.8, 4) is 0 Å². The minimum atomic E-state index is -4.39. The summed E-state index contributed by atoms with van der Waals surface area (Å²) in [6.45, 7) is 3.55. The second-order valence-corrected chi connectivity index (χ2v) is 15.3. The smallest absolute Gasteiger partial charge is 0.462 e. The lowest BCUT2D eigenvalue weighted by molar-refractivity contribution is -0.161. The SMILES string of the molecule is CC/C=C\C/C=C\C/C=C\C/C=C\C/C=C\CCCCCC(=O)OC[C@H](COP(=O)(O)OCCN)OC(=O)CCCCCCC/C=C\CCCCCCCC. The first kappa shape index (κ1) is 52.5. The number of phosphoric acid groups is 1. The third kappa shape index (κ3) is 40.9. The number of unbranched alkanes of at least 4 members (excludes halogenated alkanes) is 14. The Bertz CT molecular complexity index is 1130. The Morgan fingerprint density at radius 2 is 1.00 bits per heavy atom. The van der Waals surface area contributed by atoms with Gasteiger partial charge in [-0.3, -0.25) is 18.6 Å². The normalized spacial score (nSPS) is 14.0. The van der Waals surface area contributed by atoms with E-state index in [2.05, 4.69) is 86.8 Å². The Labute approximate surface area is 335 Å². The molecule has 10 heteroatoms. The molecule has 0 amide bonds. The van der Waals surface area contributed by atoms with E-state index in [0.717, 1.165) is 83.5 Å². The number of esters is 2. The van der Waals surface area contributed by atoms with Gasteiger partial charge >= 0.3 is 19.8 Å². The molecule has 0 spiro atoms.